The molecule has 1 aromatic rings. The molecule has 0 saturated heterocycles. The fraction of sp³-hybridized carbons (Fsp3) is 0.667. The Morgan fingerprint density at radius 1 is 1.38 bits per heavy atom. The maximum absolute atomic E-state index is 10.9. The van der Waals surface area contributed by atoms with Crippen LogP contribution in [0.1, 0.15) is 54.8 Å². The van der Waals surface area contributed by atoms with Crippen molar-refractivity contribution < 1.29 is 14.3 Å². The number of carboxylic acids is 1. The summed E-state index contributed by atoms with van der Waals surface area (Å²) in [6, 6.07) is 0. The quantitative estimate of drug-likeness (QED) is 0.800. The predicted octanol–water partition coefficient (Wildman–Crippen LogP) is 2.89. The molecular weight excluding hydrogens is 206 g/mol. The van der Waals surface area contributed by atoms with Gasteiger partial charge in [-0.2, -0.15) is 0 Å². The molecule has 1 N–H and O–H groups in total. The van der Waals surface area contributed by atoms with Gasteiger partial charge >= 0.3 is 5.97 Å². The fourth-order valence-electron chi connectivity index (χ4n) is 2.42. The highest BCUT2D eigenvalue weighted by Gasteiger charge is 2.20. The highest BCUT2D eigenvalue weighted by atomic mass is 16.4. The molecule has 1 aliphatic rings. The molecule has 0 atom stereocenters. The van der Waals surface area contributed by atoms with Crippen LogP contribution in [0.25, 0.3) is 0 Å². The van der Waals surface area contributed by atoms with E-state index in [1.54, 1.807) is 0 Å². The minimum absolute atomic E-state index is 0.0873. The third kappa shape index (κ3) is 2.62. The standard InChI is InChI=1S/C12H17NO3/c14-12(15)11-10(16-8-13-11)7-9-5-3-1-2-4-6-9/h8-9H,1-7H2,(H,14,15). The van der Waals surface area contributed by atoms with Gasteiger partial charge in [-0.3, -0.25) is 0 Å². The molecule has 4 heteroatoms. The maximum Gasteiger partial charge on any atom is 0.358 e. The van der Waals surface area contributed by atoms with Crippen molar-refractivity contribution in [1.82, 2.24) is 4.98 Å². The summed E-state index contributed by atoms with van der Waals surface area (Å²) >= 11 is 0. The van der Waals surface area contributed by atoms with E-state index in [0.29, 0.717) is 11.7 Å². The summed E-state index contributed by atoms with van der Waals surface area (Å²) in [4.78, 5) is 14.6. The molecule has 0 unspecified atom stereocenters. The van der Waals surface area contributed by atoms with Gasteiger partial charge < -0.3 is 9.52 Å². The van der Waals surface area contributed by atoms with Crippen LogP contribution in [0.2, 0.25) is 0 Å². The summed E-state index contributed by atoms with van der Waals surface area (Å²) in [5, 5.41) is 8.92. The van der Waals surface area contributed by atoms with Crippen LogP contribution in [0.3, 0.4) is 0 Å². The summed E-state index contributed by atoms with van der Waals surface area (Å²) in [6.07, 6.45) is 9.43. The number of hydrogen-bond donors (Lipinski definition) is 1. The Morgan fingerprint density at radius 3 is 2.69 bits per heavy atom. The van der Waals surface area contributed by atoms with E-state index in [0.717, 1.165) is 6.42 Å². The van der Waals surface area contributed by atoms with Gasteiger partial charge in [-0.25, -0.2) is 9.78 Å². The van der Waals surface area contributed by atoms with Crippen LogP contribution in [0.4, 0.5) is 0 Å². The number of carboxylic acid groups (broad SMARTS) is 1. The van der Waals surface area contributed by atoms with Crippen molar-refractivity contribution in [1.29, 1.82) is 0 Å². The number of carbonyl (C=O) groups is 1. The number of aromatic nitrogens is 1. The lowest BCUT2D eigenvalue weighted by molar-refractivity contribution is 0.0688. The Hall–Kier alpha value is -1.32. The molecule has 0 aliphatic heterocycles. The molecule has 88 valence electrons. The molecule has 0 aromatic carbocycles. The van der Waals surface area contributed by atoms with E-state index >= 15 is 0 Å². The zero-order valence-corrected chi connectivity index (χ0v) is 9.32. The van der Waals surface area contributed by atoms with E-state index in [4.69, 9.17) is 9.52 Å². The van der Waals surface area contributed by atoms with Crippen LogP contribution in [0.15, 0.2) is 10.8 Å². The molecule has 0 amide bonds. The second-order valence-corrected chi connectivity index (χ2v) is 4.49. The van der Waals surface area contributed by atoms with Gasteiger partial charge in [0.1, 0.15) is 5.76 Å². The molecule has 0 bridgehead atoms. The van der Waals surface area contributed by atoms with E-state index in [1.807, 2.05) is 0 Å². The molecule has 1 aliphatic carbocycles. The second-order valence-electron chi connectivity index (χ2n) is 4.49. The van der Waals surface area contributed by atoms with Gasteiger partial charge in [0.2, 0.25) is 0 Å². The van der Waals surface area contributed by atoms with Crippen LogP contribution >= 0.6 is 0 Å². The molecule has 4 nitrogen and oxygen atoms in total. The Kier molecular flexibility index (Phi) is 3.59. The van der Waals surface area contributed by atoms with Crippen LogP contribution < -0.4 is 0 Å². The van der Waals surface area contributed by atoms with E-state index in [2.05, 4.69) is 4.98 Å². The molecule has 1 fully saturated rings. The minimum atomic E-state index is -0.989. The Morgan fingerprint density at radius 2 is 2.06 bits per heavy atom. The van der Waals surface area contributed by atoms with Crippen molar-refractivity contribution in [3.8, 4) is 0 Å². The van der Waals surface area contributed by atoms with Crippen molar-refractivity contribution in [2.45, 2.75) is 44.9 Å². The van der Waals surface area contributed by atoms with Gasteiger partial charge in [-0.05, 0) is 5.92 Å². The summed E-state index contributed by atoms with van der Waals surface area (Å²) in [5.74, 6) is 0.116. The number of aromatic carboxylic acids is 1. The van der Waals surface area contributed by atoms with Crippen LogP contribution in [-0.4, -0.2) is 16.1 Å². The number of hydrogen-bond acceptors (Lipinski definition) is 3. The van der Waals surface area contributed by atoms with E-state index in [1.165, 1.54) is 44.9 Å². The number of oxazole rings is 1. The summed E-state index contributed by atoms with van der Waals surface area (Å²) in [5.41, 5.74) is 0.0873. The van der Waals surface area contributed by atoms with Gasteiger partial charge in [0, 0.05) is 6.42 Å². The first kappa shape index (κ1) is 11.2. The Bertz CT molecular complexity index is 351. The zero-order chi connectivity index (χ0) is 11.4. The largest absolute Gasteiger partial charge is 0.476 e. The molecule has 16 heavy (non-hydrogen) atoms. The van der Waals surface area contributed by atoms with Crippen LogP contribution in [-0.2, 0) is 6.42 Å². The first-order valence-corrected chi connectivity index (χ1v) is 5.93. The predicted molar refractivity (Wildman–Crippen MR) is 58.4 cm³/mol. The topological polar surface area (TPSA) is 63.3 Å². The molecule has 1 heterocycles. The summed E-state index contributed by atoms with van der Waals surface area (Å²) < 4.78 is 5.18. The average molecular weight is 223 g/mol. The summed E-state index contributed by atoms with van der Waals surface area (Å²) in [6.45, 7) is 0. The lowest BCUT2D eigenvalue weighted by Gasteiger charge is -2.11. The van der Waals surface area contributed by atoms with Crippen molar-refractivity contribution in [3.63, 3.8) is 0 Å². The van der Waals surface area contributed by atoms with E-state index in [-0.39, 0.29) is 5.69 Å². The lowest BCUT2D eigenvalue weighted by atomic mass is 9.95. The van der Waals surface area contributed by atoms with Crippen molar-refractivity contribution in [2.24, 2.45) is 5.92 Å². The molecule has 2 rings (SSSR count). The summed E-state index contributed by atoms with van der Waals surface area (Å²) in [7, 11) is 0. The first-order valence-electron chi connectivity index (χ1n) is 5.93. The Balaban J connectivity index is 2.01. The Labute approximate surface area is 94.7 Å². The van der Waals surface area contributed by atoms with Crippen LogP contribution in [0.5, 0.6) is 0 Å². The maximum atomic E-state index is 10.9. The average Bonchev–Trinajstić information content (AvgIpc) is 2.55. The van der Waals surface area contributed by atoms with Gasteiger partial charge in [-0.15, -0.1) is 0 Å². The van der Waals surface area contributed by atoms with Gasteiger partial charge in [0.05, 0.1) is 0 Å². The monoisotopic (exact) mass is 223 g/mol. The third-order valence-electron chi connectivity index (χ3n) is 3.29. The SMILES string of the molecule is O=C(O)c1ncoc1CC1CCCCCC1. The molecular formula is C12H17NO3. The smallest absolute Gasteiger partial charge is 0.358 e. The van der Waals surface area contributed by atoms with Crippen molar-refractivity contribution in [3.05, 3.63) is 17.8 Å². The van der Waals surface area contributed by atoms with Crippen molar-refractivity contribution >= 4 is 5.97 Å². The molecule has 0 radical (unpaired) electrons. The first-order chi connectivity index (χ1) is 7.77. The van der Waals surface area contributed by atoms with Gasteiger partial charge in [-0.1, -0.05) is 38.5 Å². The fourth-order valence-corrected chi connectivity index (χ4v) is 2.42. The molecule has 1 aromatic heterocycles. The molecule has 0 spiro atoms. The highest BCUT2D eigenvalue weighted by molar-refractivity contribution is 5.86. The minimum Gasteiger partial charge on any atom is -0.476 e. The van der Waals surface area contributed by atoms with Crippen molar-refractivity contribution in [2.75, 3.05) is 0 Å². The second kappa shape index (κ2) is 5.14. The molecule has 1 saturated carbocycles. The number of rotatable bonds is 3. The van der Waals surface area contributed by atoms with Gasteiger partial charge in [0.15, 0.2) is 12.1 Å². The third-order valence-corrected chi connectivity index (χ3v) is 3.29. The van der Waals surface area contributed by atoms with Crippen LogP contribution in [0, 0.1) is 5.92 Å². The van der Waals surface area contributed by atoms with Gasteiger partial charge in [0.25, 0.3) is 0 Å². The lowest BCUT2D eigenvalue weighted by Crippen LogP contribution is -2.07. The van der Waals surface area contributed by atoms with E-state index in [9.17, 15) is 4.79 Å². The zero-order valence-electron chi connectivity index (χ0n) is 9.32. The number of nitrogens with zero attached hydrogens (tertiary/aromatic N) is 1. The highest BCUT2D eigenvalue weighted by Crippen LogP contribution is 2.26. The van der Waals surface area contributed by atoms with E-state index < -0.39 is 5.97 Å². The normalized spacial score (nSPS) is 18.2.